The van der Waals surface area contributed by atoms with E-state index in [-0.39, 0.29) is 16.9 Å². The van der Waals surface area contributed by atoms with Gasteiger partial charge in [0, 0.05) is 17.5 Å². The number of fused-ring (bicyclic) bond motifs is 1. The number of rotatable bonds is 2. The van der Waals surface area contributed by atoms with Crippen LogP contribution < -0.4 is 10.4 Å². The number of carbonyl (C=O) groups excluding carboxylic acids is 1. The fourth-order valence-electron chi connectivity index (χ4n) is 1.39. The second-order valence-corrected chi connectivity index (χ2v) is 3.38. The molecule has 0 fully saturated rings. The number of hydrogen-bond donors (Lipinski definition) is 0. The van der Waals surface area contributed by atoms with Gasteiger partial charge in [-0.1, -0.05) is 6.58 Å². The molecule has 0 atom stereocenters. The van der Waals surface area contributed by atoms with Crippen LogP contribution in [0.1, 0.15) is 5.56 Å². The lowest BCUT2D eigenvalue weighted by molar-refractivity contribution is -0.128. The van der Waals surface area contributed by atoms with Gasteiger partial charge >= 0.3 is 11.6 Å². The summed E-state index contributed by atoms with van der Waals surface area (Å²) in [5, 5.41) is 9.27. The molecule has 0 bridgehead atoms. The summed E-state index contributed by atoms with van der Waals surface area (Å²) in [7, 11) is 0. The summed E-state index contributed by atoms with van der Waals surface area (Å²) >= 11 is 0. The number of nitriles is 1. The van der Waals surface area contributed by atoms with Crippen molar-refractivity contribution >= 4 is 16.9 Å². The van der Waals surface area contributed by atoms with E-state index in [0.29, 0.717) is 5.39 Å². The standard InChI is InChI=1S/C13H7NO4/c1-2-12(15)17-10-4-3-8-5-9(7-14)13(16)18-11(8)6-10/h2-6H,1H2. The van der Waals surface area contributed by atoms with E-state index in [0.717, 1.165) is 6.08 Å². The van der Waals surface area contributed by atoms with Gasteiger partial charge in [0.15, 0.2) is 0 Å². The maximum absolute atomic E-state index is 11.3. The minimum atomic E-state index is -0.725. The summed E-state index contributed by atoms with van der Waals surface area (Å²) in [6.45, 7) is 3.27. The van der Waals surface area contributed by atoms with E-state index in [1.807, 2.05) is 0 Å². The molecule has 0 aliphatic heterocycles. The Hall–Kier alpha value is -2.87. The number of esters is 1. The first kappa shape index (κ1) is 11.6. The highest BCUT2D eigenvalue weighted by atomic mass is 16.5. The topological polar surface area (TPSA) is 80.3 Å². The molecule has 0 amide bonds. The second kappa shape index (κ2) is 4.55. The Morgan fingerprint density at radius 2 is 2.22 bits per heavy atom. The molecule has 0 spiro atoms. The van der Waals surface area contributed by atoms with Gasteiger partial charge in [0.05, 0.1) is 0 Å². The molecule has 2 rings (SSSR count). The lowest BCUT2D eigenvalue weighted by Crippen LogP contribution is -2.05. The average molecular weight is 241 g/mol. The Labute approximate surface area is 102 Å². The molecular formula is C13H7NO4. The molecular weight excluding hydrogens is 234 g/mol. The van der Waals surface area contributed by atoms with Crippen LogP contribution in [0.2, 0.25) is 0 Å². The molecule has 2 aromatic rings. The molecule has 88 valence electrons. The summed E-state index contributed by atoms with van der Waals surface area (Å²) in [6.07, 6.45) is 1.03. The van der Waals surface area contributed by atoms with Gasteiger partial charge in [-0.3, -0.25) is 0 Å². The predicted octanol–water partition coefficient (Wildman–Crippen LogP) is 1.76. The van der Waals surface area contributed by atoms with Crippen molar-refractivity contribution in [3.63, 3.8) is 0 Å². The van der Waals surface area contributed by atoms with Crippen LogP contribution in [-0.2, 0) is 4.79 Å². The van der Waals surface area contributed by atoms with E-state index in [4.69, 9.17) is 14.4 Å². The number of ether oxygens (including phenoxy) is 1. The van der Waals surface area contributed by atoms with E-state index >= 15 is 0 Å². The molecule has 0 saturated carbocycles. The first-order valence-electron chi connectivity index (χ1n) is 4.96. The average Bonchev–Trinajstić information content (AvgIpc) is 2.37. The first-order chi connectivity index (χ1) is 8.63. The number of benzene rings is 1. The Balaban J connectivity index is 2.53. The monoisotopic (exact) mass is 241 g/mol. The van der Waals surface area contributed by atoms with Crippen molar-refractivity contribution in [3.05, 3.63) is 52.9 Å². The van der Waals surface area contributed by atoms with Crippen molar-refractivity contribution in [1.29, 1.82) is 5.26 Å². The SMILES string of the molecule is C=CC(=O)Oc1ccc2cc(C#N)c(=O)oc2c1. The molecule has 0 N–H and O–H groups in total. The molecule has 0 radical (unpaired) electrons. The molecule has 1 aromatic heterocycles. The largest absolute Gasteiger partial charge is 0.423 e. The van der Waals surface area contributed by atoms with Gasteiger partial charge in [-0.25, -0.2) is 9.59 Å². The van der Waals surface area contributed by atoms with Gasteiger partial charge < -0.3 is 9.15 Å². The van der Waals surface area contributed by atoms with Crippen LogP contribution >= 0.6 is 0 Å². The van der Waals surface area contributed by atoms with Crippen LogP contribution in [0.3, 0.4) is 0 Å². The van der Waals surface area contributed by atoms with Crippen molar-refractivity contribution in [2.45, 2.75) is 0 Å². The summed E-state index contributed by atoms with van der Waals surface area (Å²) in [5.74, 6) is -0.370. The Kier molecular flexibility index (Phi) is 2.94. The maximum atomic E-state index is 11.3. The molecule has 5 nitrogen and oxygen atoms in total. The third-order valence-corrected chi connectivity index (χ3v) is 2.21. The minimum absolute atomic E-state index is 0.0710. The van der Waals surface area contributed by atoms with Gasteiger partial charge in [-0.15, -0.1) is 0 Å². The molecule has 5 heteroatoms. The Morgan fingerprint density at radius 1 is 1.44 bits per heavy atom. The smallest absolute Gasteiger partial charge is 0.354 e. The van der Waals surface area contributed by atoms with Gasteiger partial charge in [0.25, 0.3) is 0 Å². The number of carbonyl (C=O) groups is 1. The number of nitrogens with zero attached hydrogens (tertiary/aromatic N) is 1. The van der Waals surface area contributed by atoms with Crippen molar-refractivity contribution in [1.82, 2.24) is 0 Å². The third kappa shape index (κ3) is 2.13. The molecule has 1 heterocycles. The summed E-state index contributed by atoms with van der Waals surface area (Å²) in [4.78, 5) is 22.3. The lowest BCUT2D eigenvalue weighted by atomic mass is 10.2. The molecule has 18 heavy (non-hydrogen) atoms. The fourth-order valence-corrected chi connectivity index (χ4v) is 1.39. The van der Waals surface area contributed by atoms with Gasteiger partial charge in [-0.05, 0) is 18.2 Å². The van der Waals surface area contributed by atoms with Crippen LogP contribution in [0.25, 0.3) is 11.0 Å². The van der Waals surface area contributed by atoms with E-state index < -0.39 is 11.6 Å². The van der Waals surface area contributed by atoms with E-state index in [1.54, 1.807) is 12.1 Å². The van der Waals surface area contributed by atoms with Crippen molar-refractivity contribution < 1.29 is 13.9 Å². The van der Waals surface area contributed by atoms with Gasteiger partial charge in [0.2, 0.25) is 0 Å². The van der Waals surface area contributed by atoms with Crippen LogP contribution in [0.4, 0.5) is 0 Å². The molecule has 0 saturated heterocycles. The number of hydrogen-bond acceptors (Lipinski definition) is 5. The third-order valence-electron chi connectivity index (χ3n) is 2.21. The zero-order valence-electron chi connectivity index (χ0n) is 9.17. The Bertz CT molecular complexity index is 737. The lowest BCUT2D eigenvalue weighted by Gasteiger charge is -2.02. The molecule has 1 aromatic carbocycles. The molecule has 0 unspecified atom stereocenters. The van der Waals surface area contributed by atoms with E-state index in [1.165, 1.54) is 18.2 Å². The van der Waals surface area contributed by atoms with Crippen molar-refractivity contribution in [2.24, 2.45) is 0 Å². The highest BCUT2D eigenvalue weighted by Gasteiger charge is 2.07. The first-order valence-corrected chi connectivity index (χ1v) is 4.96. The van der Waals surface area contributed by atoms with Crippen LogP contribution in [-0.4, -0.2) is 5.97 Å². The molecule has 0 aliphatic carbocycles. The van der Waals surface area contributed by atoms with Crippen LogP contribution in [0.15, 0.2) is 46.1 Å². The maximum Gasteiger partial charge on any atom is 0.354 e. The van der Waals surface area contributed by atoms with E-state index in [2.05, 4.69) is 6.58 Å². The quantitative estimate of drug-likeness (QED) is 0.346. The van der Waals surface area contributed by atoms with E-state index in [9.17, 15) is 9.59 Å². The van der Waals surface area contributed by atoms with Crippen molar-refractivity contribution in [3.8, 4) is 11.8 Å². The minimum Gasteiger partial charge on any atom is -0.423 e. The van der Waals surface area contributed by atoms with Crippen LogP contribution in [0, 0.1) is 11.3 Å². The van der Waals surface area contributed by atoms with Gasteiger partial charge in [-0.2, -0.15) is 5.26 Å². The van der Waals surface area contributed by atoms with Gasteiger partial charge in [0.1, 0.15) is 23.0 Å². The Morgan fingerprint density at radius 3 is 2.89 bits per heavy atom. The van der Waals surface area contributed by atoms with Crippen LogP contribution in [0.5, 0.6) is 5.75 Å². The second-order valence-electron chi connectivity index (χ2n) is 3.38. The highest BCUT2D eigenvalue weighted by molar-refractivity contribution is 5.85. The predicted molar refractivity (Wildman–Crippen MR) is 63.0 cm³/mol. The zero-order chi connectivity index (χ0) is 13.1. The van der Waals surface area contributed by atoms with Crippen molar-refractivity contribution in [2.75, 3.05) is 0 Å². The zero-order valence-corrected chi connectivity index (χ0v) is 9.17. The molecule has 0 aliphatic rings. The highest BCUT2D eigenvalue weighted by Crippen LogP contribution is 2.20. The summed E-state index contributed by atoms with van der Waals surface area (Å²) < 4.78 is 9.83. The fraction of sp³-hybridized carbons (Fsp3) is 0. The normalized spacial score (nSPS) is 9.72. The summed E-state index contributed by atoms with van der Waals surface area (Å²) in [6, 6.07) is 7.68. The summed E-state index contributed by atoms with van der Waals surface area (Å²) in [5.41, 5.74) is -0.552.